The van der Waals surface area contributed by atoms with Crippen LogP contribution in [0.2, 0.25) is 0 Å². The van der Waals surface area contributed by atoms with Gasteiger partial charge >= 0.3 is 6.09 Å². The minimum Gasteiger partial charge on any atom is -0.444 e. The molecule has 1 fully saturated rings. The van der Waals surface area contributed by atoms with Crippen LogP contribution in [0.5, 0.6) is 0 Å². The second kappa shape index (κ2) is 5.53. The molecular weight excluding hydrogens is 296 g/mol. The highest BCUT2D eigenvalue weighted by Crippen LogP contribution is 2.43. The summed E-state index contributed by atoms with van der Waals surface area (Å²) < 4.78 is 5.47. The third-order valence-corrected chi connectivity index (χ3v) is 5.79. The normalized spacial score (nSPS) is 25.5. The van der Waals surface area contributed by atoms with Gasteiger partial charge in [-0.2, -0.15) is 0 Å². The first-order chi connectivity index (χ1) is 10.4. The van der Waals surface area contributed by atoms with Crippen LogP contribution in [0.15, 0.2) is 11.4 Å². The van der Waals surface area contributed by atoms with Gasteiger partial charge in [-0.05, 0) is 50.6 Å². The molecule has 5 heteroatoms. The lowest BCUT2D eigenvalue weighted by Crippen LogP contribution is -2.64. The van der Waals surface area contributed by atoms with E-state index in [4.69, 9.17) is 4.74 Å². The molecule has 122 valence electrons. The fraction of sp³-hybridized carbons (Fsp3) is 0.706. The molecule has 1 aromatic rings. The number of hydrogen-bond donors (Lipinski definition) is 1. The van der Waals surface area contributed by atoms with Crippen molar-refractivity contribution < 1.29 is 9.53 Å². The predicted octanol–water partition coefficient (Wildman–Crippen LogP) is 3.37. The summed E-state index contributed by atoms with van der Waals surface area (Å²) in [5.41, 5.74) is 1.07. The fourth-order valence-electron chi connectivity index (χ4n) is 3.66. The second-order valence-electron chi connectivity index (χ2n) is 7.34. The van der Waals surface area contributed by atoms with Gasteiger partial charge in [0, 0.05) is 30.4 Å². The number of nitrogens with zero attached hydrogens (tertiary/aromatic N) is 1. The molecule has 0 saturated carbocycles. The van der Waals surface area contributed by atoms with Crippen LogP contribution < -0.4 is 5.32 Å². The maximum Gasteiger partial charge on any atom is 0.410 e. The van der Waals surface area contributed by atoms with E-state index in [-0.39, 0.29) is 11.6 Å². The first-order valence-corrected chi connectivity index (χ1v) is 9.03. The van der Waals surface area contributed by atoms with E-state index < -0.39 is 5.60 Å². The molecule has 0 radical (unpaired) electrons. The van der Waals surface area contributed by atoms with Crippen molar-refractivity contribution in [1.29, 1.82) is 0 Å². The van der Waals surface area contributed by atoms with E-state index >= 15 is 0 Å². The van der Waals surface area contributed by atoms with Gasteiger partial charge in [0.1, 0.15) is 5.60 Å². The van der Waals surface area contributed by atoms with Crippen LogP contribution in [0.25, 0.3) is 0 Å². The summed E-state index contributed by atoms with van der Waals surface area (Å²) in [7, 11) is 0. The van der Waals surface area contributed by atoms with E-state index in [1.165, 1.54) is 10.4 Å². The highest BCUT2D eigenvalue weighted by atomic mass is 32.1. The van der Waals surface area contributed by atoms with Crippen LogP contribution in [0.4, 0.5) is 4.79 Å². The number of hydrogen-bond acceptors (Lipinski definition) is 4. The average Bonchev–Trinajstić information content (AvgIpc) is 2.84. The molecular formula is C17H26N2O2S. The van der Waals surface area contributed by atoms with Gasteiger partial charge in [0.05, 0.1) is 5.54 Å². The smallest absolute Gasteiger partial charge is 0.410 e. The molecule has 1 saturated heterocycles. The molecule has 1 N–H and O–H groups in total. The molecule has 0 aromatic carbocycles. The standard InChI is InChI=1S/C17H26N2O2S/c1-5-17(13-7-9-22-14(13)6-8-18-17)12-10-19(11-12)15(20)21-16(2,3)4/h7,9,12,18H,5-6,8,10-11H2,1-4H3. The third-order valence-electron chi connectivity index (χ3n) is 4.81. The maximum atomic E-state index is 12.1. The van der Waals surface area contributed by atoms with Crippen LogP contribution >= 0.6 is 11.3 Å². The molecule has 4 nitrogen and oxygen atoms in total. The van der Waals surface area contributed by atoms with Gasteiger partial charge < -0.3 is 15.0 Å². The fourth-order valence-corrected chi connectivity index (χ4v) is 4.63. The Morgan fingerprint density at radius 3 is 2.86 bits per heavy atom. The monoisotopic (exact) mass is 322 g/mol. The number of carbonyl (C=O) groups is 1. The zero-order valence-electron chi connectivity index (χ0n) is 13.9. The van der Waals surface area contributed by atoms with Gasteiger partial charge in [-0.1, -0.05) is 6.92 Å². The van der Waals surface area contributed by atoms with Crippen molar-refractivity contribution in [2.45, 2.75) is 51.7 Å². The number of thiophene rings is 1. The Kier molecular flexibility index (Phi) is 3.98. The summed E-state index contributed by atoms with van der Waals surface area (Å²) in [6.45, 7) is 10.6. The summed E-state index contributed by atoms with van der Waals surface area (Å²) >= 11 is 1.86. The molecule has 2 aliphatic heterocycles. The van der Waals surface area contributed by atoms with E-state index in [0.29, 0.717) is 5.92 Å². The van der Waals surface area contributed by atoms with Gasteiger partial charge in [-0.3, -0.25) is 0 Å². The van der Waals surface area contributed by atoms with Crippen molar-refractivity contribution in [3.8, 4) is 0 Å². The predicted molar refractivity (Wildman–Crippen MR) is 89.3 cm³/mol. The summed E-state index contributed by atoms with van der Waals surface area (Å²) in [6, 6.07) is 2.27. The molecule has 3 heterocycles. The molecule has 0 aliphatic carbocycles. The average molecular weight is 322 g/mol. The molecule has 22 heavy (non-hydrogen) atoms. The van der Waals surface area contributed by atoms with Crippen molar-refractivity contribution in [3.05, 3.63) is 21.9 Å². The number of rotatable bonds is 2. The van der Waals surface area contributed by atoms with Crippen LogP contribution in [-0.4, -0.2) is 36.2 Å². The summed E-state index contributed by atoms with van der Waals surface area (Å²) in [6.07, 6.45) is 2.00. The largest absolute Gasteiger partial charge is 0.444 e. The molecule has 1 unspecified atom stereocenters. The number of amides is 1. The van der Waals surface area contributed by atoms with Crippen LogP contribution in [-0.2, 0) is 16.7 Å². The van der Waals surface area contributed by atoms with Gasteiger partial charge in [-0.25, -0.2) is 4.79 Å². The first-order valence-electron chi connectivity index (χ1n) is 8.15. The van der Waals surface area contributed by atoms with Gasteiger partial charge in [0.25, 0.3) is 0 Å². The van der Waals surface area contributed by atoms with Crippen molar-refractivity contribution >= 4 is 17.4 Å². The lowest BCUT2D eigenvalue weighted by atomic mass is 9.70. The Hall–Kier alpha value is -1.07. The van der Waals surface area contributed by atoms with Crippen molar-refractivity contribution in [2.75, 3.05) is 19.6 Å². The minimum atomic E-state index is -0.422. The minimum absolute atomic E-state index is 0.0338. The highest BCUT2D eigenvalue weighted by Gasteiger charge is 2.49. The van der Waals surface area contributed by atoms with Crippen LogP contribution in [0, 0.1) is 5.92 Å². The third kappa shape index (κ3) is 2.65. The molecule has 1 aromatic heterocycles. The molecule has 0 spiro atoms. The Morgan fingerprint density at radius 2 is 2.23 bits per heavy atom. The van der Waals surface area contributed by atoms with Crippen LogP contribution in [0.1, 0.15) is 44.6 Å². The zero-order chi connectivity index (χ0) is 16.0. The highest BCUT2D eigenvalue weighted by molar-refractivity contribution is 7.10. The number of ether oxygens (including phenoxy) is 1. The molecule has 3 rings (SSSR count). The Labute approximate surface area is 136 Å². The molecule has 2 aliphatic rings. The van der Waals surface area contributed by atoms with E-state index in [1.807, 2.05) is 37.0 Å². The maximum absolute atomic E-state index is 12.1. The second-order valence-corrected chi connectivity index (χ2v) is 8.34. The van der Waals surface area contributed by atoms with Crippen molar-refractivity contribution in [2.24, 2.45) is 5.92 Å². The van der Waals surface area contributed by atoms with E-state index in [2.05, 4.69) is 23.7 Å². The lowest BCUT2D eigenvalue weighted by molar-refractivity contribution is -0.0236. The lowest BCUT2D eigenvalue weighted by Gasteiger charge is -2.52. The summed E-state index contributed by atoms with van der Waals surface area (Å²) in [4.78, 5) is 15.5. The molecule has 0 bridgehead atoms. The van der Waals surface area contributed by atoms with E-state index in [1.54, 1.807) is 0 Å². The Bertz CT molecular complexity index is 557. The number of likely N-dealkylation sites (tertiary alicyclic amines) is 1. The zero-order valence-corrected chi connectivity index (χ0v) is 14.8. The Balaban J connectivity index is 1.71. The first kappa shape index (κ1) is 15.8. The van der Waals surface area contributed by atoms with Crippen molar-refractivity contribution in [3.63, 3.8) is 0 Å². The number of fused-ring (bicyclic) bond motifs is 1. The van der Waals surface area contributed by atoms with Gasteiger partial charge in [0.2, 0.25) is 0 Å². The summed E-state index contributed by atoms with van der Waals surface area (Å²) in [5, 5.41) is 5.96. The van der Waals surface area contributed by atoms with Crippen molar-refractivity contribution in [1.82, 2.24) is 10.2 Å². The quantitative estimate of drug-likeness (QED) is 0.908. The molecule has 1 atom stereocenters. The van der Waals surface area contributed by atoms with Gasteiger partial charge in [-0.15, -0.1) is 11.3 Å². The number of carbonyl (C=O) groups excluding carboxylic acids is 1. The summed E-state index contributed by atoms with van der Waals surface area (Å²) in [5.74, 6) is 0.471. The SMILES string of the molecule is CCC1(C2CN(C(=O)OC(C)(C)C)C2)NCCc2sccc21. The van der Waals surface area contributed by atoms with Crippen LogP contribution in [0.3, 0.4) is 0 Å². The Morgan fingerprint density at radius 1 is 1.50 bits per heavy atom. The topological polar surface area (TPSA) is 41.6 Å². The van der Waals surface area contributed by atoms with Gasteiger partial charge in [0.15, 0.2) is 0 Å². The van der Waals surface area contributed by atoms with E-state index in [9.17, 15) is 4.79 Å². The molecule has 1 amide bonds. The number of nitrogens with one attached hydrogen (secondary N) is 1. The van der Waals surface area contributed by atoms with E-state index in [0.717, 1.165) is 32.5 Å².